The molecule has 23 heavy (non-hydrogen) atoms. The molecule has 0 spiro atoms. The van der Waals surface area contributed by atoms with Crippen LogP contribution in [0.5, 0.6) is 0 Å². The zero-order chi connectivity index (χ0) is 16.8. The summed E-state index contributed by atoms with van der Waals surface area (Å²) >= 11 is 7.25. The van der Waals surface area contributed by atoms with E-state index in [1.807, 2.05) is 30.3 Å². The minimum absolute atomic E-state index is 0.00658. The molecule has 9 heteroatoms. The van der Waals surface area contributed by atoms with Gasteiger partial charge in [-0.05, 0) is 12.5 Å². The second kappa shape index (κ2) is 8.09. The van der Waals surface area contributed by atoms with Gasteiger partial charge in [0.05, 0.1) is 11.5 Å². The van der Waals surface area contributed by atoms with Crippen molar-refractivity contribution in [3.8, 4) is 0 Å². The summed E-state index contributed by atoms with van der Waals surface area (Å²) in [4.78, 5) is 18.6. The Hall–Kier alpha value is -1.90. The van der Waals surface area contributed by atoms with Crippen LogP contribution in [0.25, 0.3) is 0 Å². The molecule has 0 bridgehead atoms. The summed E-state index contributed by atoms with van der Waals surface area (Å²) in [5.74, 6) is 0.622. The van der Waals surface area contributed by atoms with Gasteiger partial charge in [0.2, 0.25) is 11.0 Å². The number of thioether (sulfide) groups is 1. The number of aliphatic hydroxyl groups is 1. The Kier molecular flexibility index (Phi) is 6.14. The summed E-state index contributed by atoms with van der Waals surface area (Å²) in [6, 6.07) is 9.31. The fourth-order valence-electron chi connectivity index (χ4n) is 1.74. The standard InChI is InChI=1S/C14H15ClN4O3S/c1-9(7-20)16-13-11(19(21)22)12(15)17-14(18-13)23-8-10-5-3-2-4-6-10/h2-6,9,20H,7-8H2,1H3,(H,16,17,18)/t9-/m1/s1. The van der Waals surface area contributed by atoms with Crippen LogP contribution in [0.15, 0.2) is 35.5 Å². The van der Waals surface area contributed by atoms with Gasteiger partial charge in [-0.2, -0.15) is 4.98 Å². The third-order valence-corrected chi connectivity index (χ3v) is 4.05. The highest BCUT2D eigenvalue weighted by Gasteiger charge is 2.24. The van der Waals surface area contributed by atoms with E-state index in [0.29, 0.717) is 10.9 Å². The molecule has 0 aliphatic carbocycles. The number of nitrogens with zero attached hydrogens (tertiary/aromatic N) is 3. The molecule has 0 amide bonds. The Morgan fingerprint density at radius 1 is 1.39 bits per heavy atom. The van der Waals surface area contributed by atoms with Gasteiger partial charge in [-0.3, -0.25) is 10.1 Å². The number of hydrogen-bond donors (Lipinski definition) is 2. The zero-order valence-electron chi connectivity index (χ0n) is 12.3. The number of aliphatic hydroxyl groups excluding tert-OH is 1. The predicted molar refractivity (Wildman–Crippen MR) is 89.9 cm³/mol. The second-order valence-electron chi connectivity index (χ2n) is 4.75. The van der Waals surface area contributed by atoms with E-state index in [1.165, 1.54) is 11.8 Å². The largest absolute Gasteiger partial charge is 0.394 e. The number of anilines is 1. The predicted octanol–water partition coefficient (Wildman–Crippen LogP) is 3.12. The van der Waals surface area contributed by atoms with Gasteiger partial charge in [-0.15, -0.1) is 0 Å². The summed E-state index contributed by atoms with van der Waals surface area (Å²) < 4.78 is 0. The molecule has 0 aliphatic heterocycles. The van der Waals surface area contributed by atoms with Crippen molar-refractivity contribution in [2.24, 2.45) is 0 Å². The molecule has 1 atom stereocenters. The molecule has 0 unspecified atom stereocenters. The highest BCUT2D eigenvalue weighted by Crippen LogP contribution is 2.33. The number of benzene rings is 1. The molecule has 2 aromatic rings. The first-order valence-electron chi connectivity index (χ1n) is 6.77. The number of nitro groups is 1. The average Bonchev–Trinajstić information content (AvgIpc) is 2.53. The van der Waals surface area contributed by atoms with E-state index >= 15 is 0 Å². The highest BCUT2D eigenvalue weighted by molar-refractivity contribution is 7.98. The molecular formula is C14H15ClN4O3S. The van der Waals surface area contributed by atoms with Crippen LogP contribution >= 0.6 is 23.4 Å². The lowest BCUT2D eigenvalue weighted by atomic mass is 10.2. The van der Waals surface area contributed by atoms with E-state index in [2.05, 4.69) is 15.3 Å². The Balaban J connectivity index is 2.25. The van der Waals surface area contributed by atoms with Crippen LogP contribution in [0.1, 0.15) is 12.5 Å². The minimum atomic E-state index is -0.638. The molecule has 0 saturated heterocycles. The van der Waals surface area contributed by atoms with Crippen molar-refractivity contribution >= 4 is 34.9 Å². The van der Waals surface area contributed by atoms with Crippen LogP contribution in [-0.2, 0) is 5.75 Å². The van der Waals surface area contributed by atoms with Crippen LogP contribution < -0.4 is 5.32 Å². The zero-order valence-corrected chi connectivity index (χ0v) is 13.8. The second-order valence-corrected chi connectivity index (χ2v) is 6.05. The Morgan fingerprint density at radius 3 is 2.70 bits per heavy atom. The van der Waals surface area contributed by atoms with Gasteiger partial charge in [-0.1, -0.05) is 53.7 Å². The van der Waals surface area contributed by atoms with Crippen molar-refractivity contribution in [3.05, 3.63) is 51.2 Å². The molecule has 0 saturated carbocycles. The number of nitrogens with one attached hydrogen (secondary N) is 1. The van der Waals surface area contributed by atoms with Crippen molar-refractivity contribution in [2.75, 3.05) is 11.9 Å². The lowest BCUT2D eigenvalue weighted by molar-refractivity contribution is -0.384. The van der Waals surface area contributed by atoms with E-state index in [1.54, 1.807) is 6.92 Å². The molecule has 2 N–H and O–H groups in total. The molecule has 122 valence electrons. The lowest BCUT2D eigenvalue weighted by Gasteiger charge is -2.12. The van der Waals surface area contributed by atoms with E-state index in [0.717, 1.165) is 5.56 Å². The van der Waals surface area contributed by atoms with E-state index in [4.69, 9.17) is 16.7 Å². The van der Waals surface area contributed by atoms with Gasteiger partial charge in [0.1, 0.15) is 0 Å². The minimum Gasteiger partial charge on any atom is -0.394 e. The van der Waals surface area contributed by atoms with Crippen LogP contribution in [0.2, 0.25) is 5.15 Å². The van der Waals surface area contributed by atoms with Gasteiger partial charge in [0.25, 0.3) is 0 Å². The van der Waals surface area contributed by atoms with Crippen molar-refractivity contribution in [1.82, 2.24) is 9.97 Å². The van der Waals surface area contributed by atoms with Crippen molar-refractivity contribution < 1.29 is 10.0 Å². The molecule has 0 radical (unpaired) electrons. The number of aromatic nitrogens is 2. The average molecular weight is 355 g/mol. The summed E-state index contributed by atoms with van der Waals surface area (Å²) in [7, 11) is 0. The first-order valence-corrected chi connectivity index (χ1v) is 8.13. The Morgan fingerprint density at radius 2 is 2.09 bits per heavy atom. The molecule has 1 heterocycles. The summed E-state index contributed by atoms with van der Waals surface area (Å²) in [6.45, 7) is 1.49. The number of rotatable bonds is 7. The Labute approximate surface area is 142 Å². The van der Waals surface area contributed by atoms with Gasteiger partial charge < -0.3 is 10.4 Å². The summed E-state index contributed by atoms with van der Waals surface area (Å²) in [5, 5.41) is 23.1. The van der Waals surface area contributed by atoms with Crippen LogP contribution in [0, 0.1) is 10.1 Å². The van der Waals surface area contributed by atoms with E-state index in [9.17, 15) is 10.1 Å². The quantitative estimate of drug-likeness (QED) is 0.259. The molecule has 1 aromatic heterocycles. The van der Waals surface area contributed by atoms with Crippen LogP contribution in [0.3, 0.4) is 0 Å². The number of halogens is 1. The van der Waals surface area contributed by atoms with Gasteiger partial charge in [-0.25, -0.2) is 4.98 Å². The van der Waals surface area contributed by atoms with Gasteiger partial charge in [0.15, 0.2) is 5.16 Å². The Bertz CT molecular complexity index is 687. The van der Waals surface area contributed by atoms with E-state index in [-0.39, 0.29) is 17.6 Å². The molecule has 0 aliphatic rings. The van der Waals surface area contributed by atoms with Gasteiger partial charge >= 0.3 is 5.69 Å². The summed E-state index contributed by atoms with van der Waals surface area (Å²) in [5.41, 5.74) is 0.685. The molecule has 2 rings (SSSR count). The van der Waals surface area contributed by atoms with Crippen molar-refractivity contribution in [1.29, 1.82) is 0 Å². The fraction of sp³-hybridized carbons (Fsp3) is 0.286. The smallest absolute Gasteiger partial charge is 0.348 e. The maximum absolute atomic E-state index is 11.1. The van der Waals surface area contributed by atoms with E-state index < -0.39 is 16.7 Å². The highest BCUT2D eigenvalue weighted by atomic mass is 35.5. The topological polar surface area (TPSA) is 101 Å². The summed E-state index contributed by atoms with van der Waals surface area (Å²) in [6.07, 6.45) is 0. The first-order chi connectivity index (χ1) is 11.0. The monoisotopic (exact) mass is 354 g/mol. The molecular weight excluding hydrogens is 340 g/mol. The maximum atomic E-state index is 11.1. The number of hydrogen-bond acceptors (Lipinski definition) is 7. The maximum Gasteiger partial charge on any atom is 0.348 e. The third-order valence-electron chi connectivity index (χ3n) is 2.87. The molecule has 0 fully saturated rings. The van der Waals surface area contributed by atoms with Crippen LogP contribution in [-0.4, -0.2) is 32.6 Å². The third kappa shape index (κ3) is 4.78. The molecule has 7 nitrogen and oxygen atoms in total. The van der Waals surface area contributed by atoms with Crippen molar-refractivity contribution in [3.63, 3.8) is 0 Å². The fourth-order valence-corrected chi connectivity index (χ4v) is 2.82. The molecule has 1 aromatic carbocycles. The van der Waals surface area contributed by atoms with Crippen molar-refractivity contribution in [2.45, 2.75) is 23.9 Å². The SMILES string of the molecule is C[C@H](CO)Nc1nc(SCc2ccccc2)nc(Cl)c1[N+](=O)[O-]. The van der Waals surface area contributed by atoms with Gasteiger partial charge in [0, 0.05) is 11.8 Å². The first kappa shape index (κ1) is 17.5. The van der Waals surface area contributed by atoms with Crippen LogP contribution in [0.4, 0.5) is 11.5 Å². The normalized spacial score (nSPS) is 12.0. The lowest BCUT2D eigenvalue weighted by Crippen LogP contribution is -2.21.